The fraction of sp³-hybridized carbons (Fsp3) is 0.571. The van der Waals surface area contributed by atoms with E-state index in [4.69, 9.17) is 5.73 Å². The summed E-state index contributed by atoms with van der Waals surface area (Å²) in [5.74, 6) is -0.218. The van der Waals surface area contributed by atoms with Crippen molar-refractivity contribution < 1.29 is 8.78 Å². The monoisotopic (exact) mass is 239 g/mol. The zero-order valence-corrected chi connectivity index (χ0v) is 10.1. The Labute approximate surface area is 101 Å². The first kappa shape index (κ1) is 12.5. The molecule has 2 rings (SSSR count). The molecule has 2 N–H and O–H groups in total. The maximum atomic E-state index is 13.3. The van der Waals surface area contributed by atoms with E-state index in [-0.39, 0.29) is 5.92 Å². The second kappa shape index (κ2) is 5.13. The third kappa shape index (κ3) is 2.65. The molecule has 3 atom stereocenters. The Balaban J connectivity index is 2.25. The van der Waals surface area contributed by atoms with Gasteiger partial charge in [-0.1, -0.05) is 19.4 Å². The summed E-state index contributed by atoms with van der Waals surface area (Å²) in [4.78, 5) is 0. The van der Waals surface area contributed by atoms with E-state index < -0.39 is 11.6 Å². The van der Waals surface area contributed by atoms with Crippen molar-refractivity contribution >= 4 is 0 Å². The third-order valence-electron chi connectivity index (χ3n) is 3.93. The highest BCUT2D eigenvalue weighted by Gasteiger charge is 2.29. The molecule has 1 nitrogen and oxygen atoms in total. The lowest BCUT2D eigenvalue weighted by atomic mass is 9.71. The van der Waals surface area contributed by atoms with Gasteiger partial charge >= 0.3 is 0 Å². The van der Waals surface area contributed by atoms with Gasteiger partial charge in [0.15, 0.2) is 11.6 Å². The summed E-state index contributed by atoms with van der Waals surface area (Å²) in [6, 6.07) is 4.25. The average Bonchev–Trinajstić information content (AvgIpc) is 2.32. The number of rotatable bonds is 2. The third-order valence-corrected chi connectivity index (χ3v) is 3.93. The molecule has 94 valence electrons. The van der Waals surface area contributed by atoms with Crippen LogP contribution >= 0.6 is 0 Å². The Hall–Kier alpha value is -0.960. The molecule has 1 fully saturated rings. The van der Waals surface area contributed by atoms with Crippen LogP contribution in [0.25, 0.3) is 0 Å². The molecule has 0 heterocycles. The Morgan fingerprint density at radius 3 is 2.65 bits per heavy atom. The summed E-state index contributed by atoms with van der Waals surface area (Å²) in [5.41, 5.74) is 6.67. The number of hydrogen-bond acceptors (Lipinski definition) is 1. The Kier molecular flexibility index (Phi) is 3.77. The Morgan fingerprint density at radius 2 is 2.00 bits per heavy atom. The van der Waals surface area contributed by atoms with Gasteiger partial charge in [0, 0.05) is 0 Å². The van der Waals surface area contributed by atoms with Gasteiger partial charge in [-0.3, -0.25) is 0 Å². The lowest BCUT2D eigenvalue weighted by Crippen LogP contribution is -2.28. The van der Waals surface area contributed by atoms with Crippen molar-refractivity contribution in [2.24, 2.45) is 17.6 Å². The summed E-state index contributed by atoms with van der Waals surface area (Å²) in [6.07, 6.45) is 3.29. The fourth-order valence-corrected chi connectivity index (χ4v) is 2.88. The quantitative estimate of drug-likeness (QED) is 0.840. The Bertz CT molecular complexity index is 392. The highest BCUT2D eigenvalue weighted by Crippen LogP contribution is 2.40. The minimum Gasteiger partial charge on any atom is -0.330 e. The van der Waals surface area contributed by atoms with Crippen LogP contribution < -0.4 is 5.73 Å². The second-order valence-corrected chi connectivity index (χ2v) is 5.19. The molecule has 1 aromatic carbocycles. The van der Waals surface area contributed by atoms with Crippen molar-refractivity contribution in [2.45, 2.75) is 32.1 Å². The van der Waals surface area contributed by atoms with Crippen LogP contribution in [0.5, 0.6) is 0 Å². The maximum absolute atomic E-state index is 13.3. The molecule has 1 aromatic rings. The van der Waals surface area contributed by atoms with Crippen molar-refractivity contribution in [1.82, 2.24) is 0 Å². The Morgan fingerprint density at radius 1 is 1.24 bits per heavy atom. The lowest BCUT2D eigenvalue weighted by Gasteiger charge is -2.34. The van der Waals surface area contributed by atoms with Gasteiger partial charge < -0.3 is 5.73 Å². The normalized spacial score (nSPS) is 29.3. The molecule has 1 aliphatic rings. The van der Waals surface area contributed by atoms with Gasteiger partial charge in [0.1, 0.15) is 0 Å². The summed E-state index contributed by atoms with van der Waals surface area (Å²) in [7, 11) is 0. The molecule has 0 spiro atoms. The molecule has 0 bridgehead atoms. The van der Waals surface area contributed by atoms with Crippen LogP contribution in [0.2, 0.25) is 0 Å². The van der Waals surface area contributed by atoms with E-state index in [9.17, 15) is 8.78 Å². The van der Waals surface area contributed by atoms with Gasteiger partial charge in [0.05, 0.1) is 0 Å². The van der Waals surface area contributed by atoms with Gasteiger partial charge in [-0.15, -0.1) is 0 Å². The van der Waals surface area contributed by atoms with E-state index in [0.717, 1.165) is 18.4 Å². The number of halogens is 2. The standard InChI is InChI=1S/C14H19F2N/c1-9-2-3-11(8-17)12(6-9)10-4-5-13(15)14(16)7-10/h4-5,7,9,11-12H,2-3,6,8,17H2,1H3. The van der Waals surface area contributed by atoms with Gasteiger partial charge in [-0.2, -0.15) is 0 Å². The lowest BCUT2D eigenvalue weighted by molar-refractivity contribution is 0.253. The molecule has 3 unspecified atom stereocenters. The molecule has 0 saturated heterocycles. The topological polar surface area (TPSA) is 26.0 Å². The van der Waals surface area contributed by atoms with Crippen molar-refractivity contribution in [1.29, 1.82) is 0 Å². The molecule has 0 aromatic heterocycles. The average molecular weight is 239 g/mol. The van der Waals surface area contributed by atoms with Crippen LogP contribution in [0.3, 0.4) is 0 Å². The fourth-order valence-electron chi connectivity index (χ4n) is 2.88. The van der Waals surface area contributed by atoms with Crippen molar-refractivity contribution in [2.75, 3.05) is 6.54 Å². The van der Waals surface area contributed by atoms with Crippen molar-refractivity contribution in [3.05, 3.63) is 35.4 Å². The molecule has 1 aliphatic carbocycles. The van der Waals surface area contributed by atoms with E-state index in [1.807, 2.05) is 0 Å². The summed E-state index contributed by atoms with van der Waals surface area (Å²) >= 11 is 0. The molecule has 17 heavy (non-hydrogen) atoms. The van der Waals surface area contributed by atoms with E-state index in [1.54, 1.807) is 6.07 Å². The first-order valence-electron chi connectivity index (χ1n) is 6.26. The van der Waals surface area contributed by atoms with Gasteiger partial charge in [0.25, 0.3) is 0 Å². The highest BCUT2D eigenvalue weighted by atomic mass is 19.2. The summed E-state index contributed by atoms with van der Waals surface area (Å²) in [6.45, 7) is 2.83. The molecule has 0 aliphatic heterocycles. The largest absolute Gasteiger partial charge is 0.330 e. The zero-order chi connectivity index (χ0) is 12.4. The first-order chi connectivity index (χ1) is 8.11. The minimum absolute atomic E-state index is 0.277. The number of hydrogen-bond donors (Lipinski definition) is 1. The van der Waals surface area contributed by atoms with Gasteiger partial charge in [-0.25, -0.2) is 8.78 Å². The van der Waals surface area contributed by atoms with Crippen molar-refractivity contribution in [3.8, 4) is 0 Å². The number of nitrogens with two attached hydrogens (primary N) is 1. The molecular formula is C14H19F2N. The van der Waals surface area contributed by atoms with Crippen molar-refractivity contribution in [3.63, 3.8) is 0 Å². The van der Waals surface area contributed by atoms with Crippen LogP contribution in [0.15, 0.2) is 18.2 Å². The molecule has 1 saturated carbocycles. The van der Waals surface area contributed by atoms with Crippen LogP contribution in [0.4, 0.5) is 8.78 Å². The predicted molar refractivity (Wildman–Crippen MR) is 64.7 cm³/mol. The highest BCUT2D eigenvalue weighted by molar-refractivity contribution is 5.23. The first-order valence-corrected chi connectivity index (χ1v) is 6.26. The van der Waals surface area contributed by atoms with Gasteiger partial charge in [0.2, 0.25) is 0 Å². The summed E-state index contributed by atoms with van der Waals surface area (Å²) in [5, 5.41) is 0. The molecular weight excluding hydrogens is 220 g/mol. The van der Waals surface area contributed by atoms with E-state index in [1.165, 1.54) is 18.6 Å². The van der Waals surface area contributed by atoms with E-state index in [0.29, 0.717) is 18.4 Å². The predicted octanol–water partition coefficient (Wildman–Crippen LogP) is 3.44. The van der Waals surface area contributed by atoms with Crippen LogP contribution in [-0.4, -0.2) is 6.54 Å². The van der Waals surface area contributed by atoms with Gasteiger partial charge in [-0.05, 0) is 54.8 Å². The van der Waals surface area contributed by atoms with Crippen LogP contribution in [-0.2, 0) is 0 Å². The van der Waals surface area contributed by atoms with E-state index >= 15 is 0 Å². The number of benzene rings is 1. The molecule has 3 heteroatoms. The molecule has 0 amide bonds. The second-order valence-electron chi connectivity index (χ2n) is 5.19. The SMILES string of the molecule is CC1CCC(CN)C(c2ccc(F)c(F)c2)C1. The van der Waals surface area contributed by atoms with Crippen LogP contribution in [0, 0.1) is 23.5 Å². The minimum atomic E-state index is -0.776. The smallest absolute Gasteiger partial charge is 0.159 e. The maximum Gasteiger partial charge on any atom is 0.159 e. The summed E-state index contributed by atoms with van der Waals surface area (Å²) < 4.78 is 26.2. The van der Waals surface area contributed by atoms with E-state index in [2.05, 4.69) is 6.92 Å². The van der Waals surface area contributed by atoms with Crippen LogP contribution in [0.1, 0.15) is 37.7 Å². The zero-order valence-electron chi connectivity index (χ0n) is 10.1. The molecule has 0 radical (unpaired) electrons.